The first kappa shape index (κ1) is 14.8. The Morgan fingerprint density at radius 3 is 2.55 bits per heavy atom. The van der Waals surface area contributed by atoms with Crippen molar-refractivity contribution in [2.75, 3.05) is 44.9 Å². The standard InChI is InChI=1S/C16H20N2O4/c1-21-14-4-2-13(3-5-14)18-11-12(10-15(18)19)16(20)17-6-8-22-9-7-17/h2-5,12H,6-11H2,1H3/t12-/m0/s1. The average Bonchev–Trinajstić information content (AvgIpc) is 2.97. The van der Waals surface area contributed by atoms with Crippen LogP contribution in [-0.4, -0.2) is 56.7 Å². The number of nitrogens with zero attached hydrogens (tertiary/aromatic N) is 2. The SMILES string of the molecule is COc1ccc(N2C[C@@H](C(=O)N3CCOCC3)CC2=O)cc1. The molecule has 2 fully saturated rings. The van der Waals surface area contributed by atoms with Crippen LogP contribution in [0.25, 0.3) is 0 Å². The molecule has 1 aromatic carbocycles. The van der Waals surface area contributed by atoms with E-state index in [0.717, 1.165) is 11.4 Å². The zero-order chi connectivity index (χ0) is 15.5. The van der Waals surface area contributed by atoms with Gasteiger partial charge in [-0.15, -0.1) is 0 Å². The fourth-order valence-corrected chi connectivity index (χ4v) is 2.93. The van der Waals surface area contributed by atoms with Crippen molar-refractivity contribution in [3.8, 4) is 5.75 Å². The van der Waals surface area contributed by atoms with Crippen LogP contribution in [0, 0.1) is 5.92 Å². The maximum absolute atomic E-state index is 12.5. The lowest BCUT2D eigenvalue weighted by molar-refractivity contribution is -0.139. The third-order valence-electron chi connectivity index (χ3n) is 4.18. The first-order valence-electron chi connectivity index (χ1n) is 7.50. The van der Waals surface area contributed by atoms with Gasteiger partial charge in [0.25, 0.3) is 0 Å². The zero-order valence-electron chi connectivity index (χ0n) is 12.7. The van der Waals surface area contributed by atoms with E-state index in [9.17, 15) is 9.59 Å². The number of morpholine rings is 1. The molecule has 0 spiro atoms. The van der Waals surface area contributed by atoms with Crippen LogP contribution < -0.4 is 9.64 Å². The zero-order valence-corrected chi connectivity index (χ0v) is 12.7. The third kappa shape index (κ3) is 2.92. The van der Waals surface area contributed by atoms with Gasteiger partial charge in [0.15, 0.2) is 0 Å². The van der Waals surface area contributed by atoms with E-state index in [2.05, 4.69) is 0 Å². The summed E-state index contributed by atoms with van der Waals surface area (Å²) < 4.78 is 10.4. The van der Waals surface area contributed by atoms with Gasteiger partial charge < -0.3 is 19.3 Å². The molecule has 0 saturated carbocycles. The van der Waals surface area contributed by atoms with Gasteiger partial charge in [0.2, 0.25) is 11.8 Å². The maximum Gasteiger partial charge on any atom is 0.228 e. The van der Waals surface area contributed by atoms with Crippen LogP contribution in [0.2, 0.25) is 0 Å². The number of carbonyl (C=O) groups is 2. The Morgan fingerprint density at radius 1 is 1.23 bits per heavy atom. The molecule has 2 aliphatic heterocycles. The van der Waals surface area contributed by atoms with Crippen molar-refractivity contribution < 1.29 is 19.1 Å². The van der Waals surface area contributed by atoms with Crippen molar-refractivity contribution in [2.24, 2.45) is 5.92 Å². The monoisotopic (exact) mass is 304 g/mol. The normalized spacial score (nSPS) is 22.0. The number of hydrogen-bond donors (Lipinski definition) is 0. The first-order valence-corrected chi connectivity index (χ1v) is 7.50. The van der Waals surface area contributed by atoms with Gasteiger partial charge in [-0.25, -0.2) is 0 Å². The lowest BCUT2D eigenvalue weighted by Crippen LogP contribution is -2.44. The number of hydrogen-bond acceptors (Lipinski definition) is 4. The molecule has 0 N–H and O–H groups in total. The van der Waals surface area contributed by atoms with Gasteiger partial charge in [-0.3, -0.25) is 9.59 Å². The topological polar surface area (TPSA) is 59.1 Å². The minimum atomic E-state index is -0.257. The summed E-state index contributed by atoms with van der Waals surface area (Å²) in [5.41, 5.74) is 0.808. The van der Waals surface area contributed by atoms with Crippen molar-refractivity contribution in [1.82, 2.24) is 4.90 Å². The van der Waals surface area contributed by atoms with Gasteiger partial charge in [-0.1, -0.05) is 0 Å². The summed E-state index contributed by atoms with van der Waals surface area (Å²) in [6.07, 6.45) is 0.280. The predicted octanol–water partition coefficient (Wildman–Crippen LogP) is 0.907. The molecular weight excluding hydrogens is 284 g/mol. The maximum atomic E-state index is 12.5. The number of amides is 2. The molecule has 118 valence electrons. The summed E-state index contributed by atoms with van der Waals surface area (Å²) >= 11 is 0. The van der Waals surface area contributed by atoms with Crippen molar-refractivity contribution in [1.29, 1.82) is 0 Å². The van der Waals surface area contributed by atoms with Crippen molar-refractivity contribution >= 4 is 17.5 Å². The van der Waals surface area contributed by atoms with Crippen LogP contribution >= 0.6 is 0 Å². The molecule has 2 saturated heterocycles. The molecule has 0 radical (unpaired) electrons. The lowest BCUT2D eigenvalue weighted by atomic mass is 10.1. The van der Waals surface area contributed by atoms with Gasteiger partial charge in [-0.2, -0.15) is 0 Å². The smallest absolute Gasteiger partial charge is 0.228 e. The second-order valence-electron chi connectivity index (χ2n) is 5.54. The highest BCUT2D eigenvalue weighted by Gasteiger charge is 2.37. The van der Waals surface area contributed by atoms with Gasteiger partial charge in [0.05, 0.1) is 26.2 Å². The number of anilines is 1. The molecule has 2 aliphatic rings. The summed E-state index contributed by atoms with van der Waals surface area (Å²) in [6.45, 7) is 2.84. The van der Waals surface area contributed by atoms with E-state index in [1.54, 1.807) is 16.9 Å². The molecule has 1 atom stereocenters. The van der Waals surface area contributed by atoms with Gasteiger partial charge >= 0.3 is 0 Å². The van der Waals surface area contributed by atoms with E-state index < -0.39 is 0 Å². The molecule has 6 heteroatoms. The molecule has 6 nitrogen and oxygen atoms in total. The summed E-state index contributed by atoms with van der Waals surface area (Å²) in [7, 11) is 1.60. The van der Waals surface area contributed by atoms with E-state index in [1.165, 1.54) is 0 Å². The third-order valence-corrected chi connectivity index (χ3v) is 4.18. The molecule has 2 heterocycles. The van der Waals surface area contributed by atoms with Gasteiger partial charge in [0.1, 0.15) is 5.75 Å². The van der Waals surface area contributed by atoms with E-state index in [1.807, 2.05) is 24.3 Å². The quantitative estimate of drug-likeness (QED) is 0.833. The Morgan fingerprint density at radius 2 is 1.91 bits per heavy atom. The van der Waals surface area contributed by atoms with Crippen molar-refractivity contribution in [3.63, 3.8) is 0 Å². The fraction of sp³-hybridized carbons (Fsp3) is 0.500. The van der Waals surface area contributed by atoms with E-state index in [-0.39, 0.29) is 24.2 Å². The second kappa shape index (κ2) is 6.36. The molecule has 2 amide bonds. The number of rotatable bonds is 3. The highest BCUT2D eigenvalue weighted by molar-refractivity contribution is 6.00. The number of benzene rings is 1. The highest BCUT2D eigenvalue weighted by atomic mass is 16.5. The first-order chi connectivity index (χ1) is 10.7. The van der Waals surface area contributed by atoms with E-state index in [4.69, 9.17) is 9.47 Å². The van der Waals surface area contributed by atoms with Gasteiger partial charge in [0, 0.05) is 31.7 Å². The van der Waals surface area contributed by atoms with Crippen LogP contribution in [0.3, 0.4) is 0 Å². The summed E-state index contributed by atoms with van der Waals surface area (Å²) in [5.74, 6) is 0.550. The molecule has 0 aliphatic carbocycles. The number of methoxy groups -OCH3 is 1. The molecule has 0 unspecified atom stereocenters. The molecule has 1 aromatic rings. The number of ether oxygens (including phenoxy) is 2. The highest BCUT2D eigenvalue weighted by Crippen LogP contribution is 2.28. The Hall–Kier alpha value is -2.08. The van der Waals surface area contributed by atoms with E-state index >= 15 is 0 Å². The average molecular weight is 304 g/mol. The van der Waals surface area contributed by atoms with Crippen LogP contribution in [0.1, 0.15) is 6.42 Å². The predicted molar refractivity (Wildman–Crippen MR) is 80.9 cm³/mol. The molecule has 3 rings (SSSR count). The Balaban J connectivity index is 1.68. The molecule has 0 aromatic heterocycles. The molecule has 22 heavy (non-hydrogen) atoms. The molecule has 0 bridgehead atoms. The van der Waals surface area contributed by atoms with Gasteiger partial charge in [-0.05, 0) is 24.3 Å². The number of carbonyl (C=O) groups excluding carboxylic acids is 2. The van der Waals surface area contributed by atoms with Crippen LogP contribution in [0.4, 0.5) is 5.69 Å². The fourth-order valence-electron chi connectivity index (χ4n) is 2.93. The Kier molecular flexibility index (Phi) is 4.29. The van der Waals surface area contributed by atoms with Crippen molar-refractivity contribution in [2.45, 2.75) is 6.42 Å². The minimum Gasteiger partial charge on any atom is -0.497 e. The van der Waals surface area contributed by atoms with Crippen LogP contribution in [0.5, 0.6) is 5.75 Å². The Labute approximate surface area is 129 Å². The van der Waals surface area contributed by atoms with Crippen LogP contribution in [0.15, 0.2) is 24.3 Å². The van der Waals surface area contributed by atoms with E-state index in [0.29, 0.717) is 32.8 Å². The molecular formula is C16H20N2O4. The second-order valence-corrected chi connectivity index (χ2v) is 5.54. The summed E-state index contributed by atoms with van der Waals surface area (Å²) in [4.78, 5) is 28.2. The largest absolute Gasteiger partial charge is 0.497 e. The summed E-state index contributed by atoms with van der Waals surface area (Å²) in [5, 5.41) is 0. The lowest BCUT2D eigenvalue weighted by Gasteiger charge is -2.29. The summed E-state index contributed by atoms with van der Waals surface area (Å²) in [6, 6.07) is 7.33. The van der Waals surface area contributed by atoms with Crippen molar-refractivity contribution in [3.05, 3.63) is 24.3 Å². The Bertz CT molecular complexity index is 552. The minimum absolute atomic E-state index is 0.00298. The van der Waals surface area contributed by atoms with Crippen LogP contribution in [-0.2, 0) is 14.3 Å².